The average molecular weight is 297 g/mol. The summed E-state index contributed by atoms with van der Waals surface area (Å²) in [4.78, 5) is 4.89. The number of hydrogen-bond donors (Lipinski definition) is 0. The second-order valence-corrected chi connectivity index (χ2v) is 4.19. The summed E-state index contributed by atoms with van der Waals surface area (Å²) in [5, 5.41) is 3.56. The predicted molar refractivity (Wildman–Crippen MR) is 70.1 cm³/mol. The number of hydrogen-bond acceptors (Lipinski definition) is 2. The van der Waals surface area contributed by atoms with Crippen molar-refractivity contribution in [2.45, 2.75) is 13.0 Å². The van der Waals surface area contributed by atoms with E-state index in [4.69, 9.17) is 4.84 Å². The molecule has 0 aromatic heterocycles. The summed E-state index contributed by atoms with van der Waals surface area (Å²) in [5.41, 5.74) is 0.462. The third-order valence-corrected chi connectivity index (χ3v) is 2.71. The van der Waals surface area contributed by atoms with Crippen LogP contribution in [0.15, 0.2) is 47.6 Å². The monoisotopic (exact) mass is 297 g/mol. The van der Waals surface area contributed by atoms with Gasteiger partial charge >= 0.3 is 0 Å². The Morgan fingerprint density at radius 3 is 2.52 bits per heavy atom. The molecule has 0 aliphatic rings. The molecule has 0 aliphatic carbocycles. The number of halogens is 4. The van der Waals surface area contributed by atoms with Gasteiger partial charge in [-0.3, -0.25) is 0 Å². The van der Waals surface area contributed by atoms with Crippen molar-refractivity contribution in [3.63, 3.8) is 0 Å². The molecule has 0 saturated carbocycles. The van der Waals surface area contributed by atoms with Gasteiger partial charge in [-0.1, -0.05) is 35.5 Å². The minimum absolute atomic E-state index is 0.0927. The first-order chi connectivity index (χ1) is 10.1. The van der Waals surface area contributed by atoms with Crippen LogP contribution in [0.4, 0.5) is 17.6 Å². The van der Waals surface area contributed by atoms with Gasteiger partial charge in [-0.15, -0.1) is 0 Å². The fourth-order valence-corrected chi connectivity index (χ4v) is 1.66. The second kappa shape index (κ2) is 6.88. The van der Waals surface area contributed by atoms with Crippen molar-refractivity contribution in [1.29, 1.82) is 0 Å². The third kappa shape index (κ3) is 4.05. The van der Waals surface area contributed by atoms with Crippen LogP contribution in [0.5, 0.6) is 0 Å². The molecule has 0 saturated heterocycles. The highest BCUT2D eigenvalue weighted by Crippen LogP contribution is 2.21. The Morgan fingerprint density at radius 1 is 1.05 bits per heavy atom. The molecule has 0 unspecified atom stereocenters. The standard InChI is InChI=1S/C15H11F4NO/c16-13-6-5-10(7-14(13)17)9-21-20-8-11-3-1-2-4-12(11)15(18)19/h1-8,15H,9H2. The summed E-state index contributed by atoms with van der Waals surface area (Å²) >= 11 is 0. The van der Waals surface area contributed by atoms with Crippen molar-refractivity contribution in [2.75, 3.05) is 0 Å². The summed E-state index contributed by atoms with van der Waals surface area (Å²) in [6.45, 7) is -0.0927. The van der Waals surface area contributed by atoms with Crippen LogP contribution < -0.4 is 0 Å². The van der Waals surface area contributed by atoms with Crippen molar-refractivity contribution in [2.24, 2.45) is 5.16 Å². The molecular weight excluding hydrogens is 286 g/mol. The summed E-state index contributed by atoms with van der Waals surface area (Å²) < 4.78 is 51.1. The molecular formula is C15H11F4NO. The van der Waals surface area contributed by atoms with Crippen molar-refractivity contribution in [3.05, 3.63) is 70.8 Å². The first kappa shape index (κ1) is 15.0. The Kier molecular flexibility index (Phi) is 4.92. The molecule has 0 amide bonds. The molecule has 0 atom stereocenters. The highest BCUT2D eigenvalue weighted by atomic mass is 19.3. The SMILES string of the molecule is Fc1ccc(CON=Cc2ccccc2C(F)F)cc1F. The molecule has 0 N–H and O–H groups in total. The van der Waals surface area contributed by atoms with Crippen LogP contribution in [-0.4, -0.2) is 6.21 Å². The van der Waals surface area contributed by atoms with E-state index in [-0.39, 0.29) is 17.7 Å². The summed E-state index contributed by atoms with van der Waals surface area (Å²) in [5.74, 6) is -1.93. The molecule has 2 nitrogen and oxygen atoms in total. The van der Waals surface area contributed by atoms with Gasteiger partial charge in [-0.2, -0.15) is 0 Å². The maximum atomic E-state index is 12.9. The van der Waals surface area contributed by atoms with Crippen LogP contribution in [-0.2, 0) is 11.4 Å². The van der Waals surface area contributed by atoms with Gasteiger partial charge in [0.25, 0.3) is 6.43 Å². The summed E-state index contributed by atoms with van der Waals surface area (Å²) in [6, 6.07) is 9.18. The lowest BCUT2D eigenvalue weighted by Crippen LogP contribution is -1.94. The summed E-state index contributed by atoms with van der Waals surface area (Å²) in [6.07, 6.45) is -1.46. The molecule has 0 bridgehead atoms. The fraction of sp³-hybridized carbons (Fsp3) is 0.133. The van der Waals surface area contributed by atoms with Crippen LogP contribution in [0, 0.1) is 11.6 Å². The first-order valence-corrected chi connectivity index (χ1v) is 6.04. The molecule has 0 aliphatic heterocycles. The van der Waals surface area contributed by atoms with E-state index < -0.39 is 18.1 Å². The number of nitrogens with zero attached hydrogens (tertiary/aromatic N) is 1. The lowest BCUT2D eigenvalue weighted by Gasteiger charge is -2.04. The van der Waals surface area contributed by atoms with Crippen LogP contribution in [0.25, 0.3) is 0 Å². The van der Waals surface area contributed by atoms with E-state index in [1.165, 1.54) is 24.3 Å². The van der Waals surface area contributed by atoms with Gasteiger partial charge in [0.1, 0.15) is 6.61 Å². The minimum atomic E-state index is -2.61. The van der Waals surface area contributed by atoms with Crippen molar-refractivity contribution >= 4 is 6.21 Å². The minimum Gasteiger partial charge on any atom is -0.391 e. The highest BCUT2D eigenvalue weighted by Gasteiger charge is 2.10. The van der Waals surface area contributed by atoms with Gasteiger partial charge in [0.05, 0.1) is 6.21 Å². The van der Waals surface area contributed by atoms with E-state index in [2.05, 4.69) is 5.16 Å². The van der Waals surface area contributed by atoms with Crippen molar-refractivity contribution in [1.82, 2.24) is 0 Å². The first-order valence-electron chi connectivity index (χ1n) is 6.04. The maximum absolute atomic E-state index is 12.9. The second-order valence-electron chi connectivity index (χ2n) is 4.19. The number of rotatable bonds is 5. The molecule has 21 heavy (non-hydrogen) atoms. The molecule has 0 spiro atoms. The summed E-state index contributed by atoms with van der Waals surface area (Å²) in [7, 11) is 0. The Labute approximate surface area is 118 Å². The van der Waals surface area contributed by atoms with Gasteiger partial charge in [-0.25, -0.2) is 17.6 Å². The molecule has 0 heterocycles. The molecule has 2 rings (SSSR count). The van der Waals surface area contributed by atoms with Crippen molar-refractivity contribution < 1.29 is 22.4 Å². The Morgan fingerprint density at radius 2 is 1.81 bits per heavy atom. The zero-order valence-corrected chi connectivity index (χ0v) is 10.8. The van der Waals surface area contributed by atoms with Gasteiger partial charge in [0.15, 0.2) is 11.6 Å². The van der Waals surface area contributed by atoms with E-state index in [0.717, 1.165) is 18.3 Å². The van der Waals surface area contributed by atoms with Crippen LogP contribution in [0.2, 0.25) is 0 Å². The molecule has 2 aromatic carbocycles. The Bertz CT molecular complexity index is 643. The van der Waals surface area contributed by atoms with Gasteiger partial charge < -0.3 is 4.84 Å². The van der Waals surface area contributed by atoms with E-state index in [1.807, 2.05) is 0 Å². The zero-order valence-electron chi connectivity index (χ0n) is 10.8. The molecule has 0 fully saturated rings. The number of alkyl halides is 2. The normalized spacial score (nSPS) is 11.3. The van der Waals surface area contributed by atoms with Gasteiger partial charge in [0, 0.05) is 11.1 Å². The number of oxime groups is 1. The van der Waals surface area contributed by atoms with Crippen LogP contribution >= 0.6 is 0 Å². The smallest absolute Gasteiger partial charge is 0.264 e. The quantitative estimate of drug-likeness (QED) is 0.454. The topological polar surface area (TPSA) is 21.6 Å². The molecule has 110 valence electrons. The molecule has 6 heteroatoms. The Hall–Kier alpha value is -2.37. The lowest BCUT2D eigenvalue weighted by atomic mass is 10.1. The van der Waals surface area contributed by atoms with Crippen LogP contribution in [0.1, 0.15) is 23.1 Å². The van der Waals surface area contributed by atoms with Crippen LogP contribution in [0.3, 0.4) is 0 Å². The van der Waals surface area contributed by atoms with Crippen molar-refractivity contribution in [3.8, 4) is 0 Å². The molecule has 2 aromatic rings. The zero-order chi connectivity index (χ0) is 15.2. The fourth-order valence-electron chi connectivity index (χ4n) is 1.66. The number of benzene rings is 2. The molecule has 0 radical (unpaired) electrons. The average Bonchev–Trinajstić information content (AvgIpc) is 2.47. The van der Waals surface area contributed by atoms with Gasteiger partial charge in [-0.05, 0) is 17.7 Å². The van der Waals surface area contributed by atoms with Gasteiger partial charge in [0.2, 0.25) is 0 Å². The highest BCUT2D eigenvalue weighted by molar-refractivity contribution is 5.81. The predicted octanol–water partition coefficient (Wildman–Crippen LogP) is 4.45. The largest absolute Gasteiger partial charge is 0.391 e. The van der Waals surface area contributed by atoms with E-state index in [9.17, 15) is 17.6 Å². The van der Waals surface area contributed by atoms with E-state index in [0.29, 0.717) is 5.56 Å². The maximum Gasteiger partial charge on any atom is 0.264 e. The lowest BCUT2D eigenvalue weighted by molar-refractivity contribution is 0.131. The van der Waals surface area contributed by atoms with E-state index >= 15 is 0 Å². The third-order valence-electron chi connectivity index (χ3n) is 2.71. The Balaban J connectivity index is 1.98. The van der Waals surface area contributed by atoms with E-state index in [1.54, 1.807) is 6.07 Å².